The second-order valence-electron chi connectivity index (χ2n) is 7.04. The summed E-state index contributed by atoms with van der Waals surface area (Å²) in [5, 5.41) is 5.35. The minimum atomic E-state index is -3.74. The van der Waals surface area contributed by atoms with Crippen LogP contribution >= 0.6 is 0 Å². The maximum absolute atomic E-state index is 12.9. The van der Waals surface area contributed by atoms with Crippen LogP contribution in [0.25, 0.3) is 0 Å². The predicted molar refractivity (Wildman–Crippen MR) is 120 cm³/mol. The van der Waals surface area contributed by atoms with Gasteiger partial charge in [0, 0.05) is 6.54 Å². The molecule has 1 atom stereocenters. The number of amides is 2. The van der Waals surface area contributed by atoms with E-state index in [4.69, 9.17) is 0 Å². The van der Waals surface area contributed by atoms with Gasteiger partial charge in [0.2, 0.25) is 15.9 Å². The van der Waals surface area contributed by atoms with Crippen LogP contribution in [-0.2, 0) is 14.8 Å². The number of nitrogens with zero attached hydrogens (tertiary/aromatic N) is 1. The second kappa shape index (κ2) is 9.58. The minimum Gasteiger partial charge on any atom is -0.349 e. The van der Waals surface area contributed by atoms with Crippen LogP contribution in [0.4, 0.5) is 11.4 Å². The molecule has 0 fully saturated rings. The molecule has 0 aliphatic heterocycles. The lowest BCUT2D eigenvalue weighted by molar-refractivity contribution is -0.116. The minimum absolute atomic E-state index is 0.275. The van der Waals surface area contributed by atoms with Crippen LogP contribution in [0.2, 0.25) is 0 Å². The first kappa shape index (κ1) is 23.2. The van der Waals surface area contributed by atoms with Gasteiger partial charge in [0.1, 0.15) is 6.04 Å². The number of nitrogens with one attached hydrogen (secondary N) is 2. The maximum Gasteiger partial charge on any atom is 0.253 e. The Morgan fingerprint density at radius 2 is 1.80 bits per heavy atom. The third-order valence-electron chi connectivity index (χ3n) is 4.67. The number of aryl methyl sites for hydroxylation is 2. The molecule has 2 aromatic carbocycles. The largest absolute Gasteiger partial charge is 0.349 e. The first-order chi connectivity index (χ1) is 14.1. The molecule has 0 bridgehead atoms. The molecule has 0 spiro atoms. The summed E-state index contributed by atoms with van der Waals surface area (Å²) in [7, 11) is -3.74. The van der Waals surface area contributed by atoms with Crippen molar-refractivity contribution in [2.24, 2.45) is 0 Å². The lowest BCUT2D eigenvalue weighted by Crippen LogP contribution is -2.45. The van der Waals surface area contributed by atoms with Gasteiger partial charge in [0.05, 0.1) is 23.2 Å². The smallest absolute Gasteiger partial charge is 0.253 e. The van der Waals surface area contributed by atoms with Gasteiger partial charge >= 0.3 is 0 Å². The molecule has 2 aromatic rings. The van der Waals surface area contributed by atoms with Gasteiger partial charge in [0.15, 0.2) is 0 Å². The van der Waals surface area contributed by atoms with Gasteiger partial charge in [-0.25, -0.2) is 8.42 Å². The van der Waals surface area contributed by atoms with E-state index in [2.05, 4.69) is 17.2 Å². The van der Waals surface area contributed by atoms with Crippen molar-refractivity contribution in [1.29, 1.82) is 0 Å². The highest BCUT2D eigenvalue weighted by atomic mass is 32.2. The van der Waals surface area contributed by atoms with Gasteiger partial charge in [-0.2, -0.15) is 0 Å². The fourth-order valence-corrected chi connectivity index (χ4v) is 4.13. The van der Waals surface area contributed by atoms with E-state index in [0.29, 0.717) is 11.4 Å². The summed E-state index contributed by atoms with van der Waals surface area (Å²) in [5.41, 5.74) is 2.91. The number of rotatable bonds is 8. The van der Waals surface area contributed by atoms with Crippen LogP contribution in [0.15, 0.2) is 55.1 Å². The van der Waals surface area contributed by atoms with Gasteiger partial charge in [-0.15, -0.1) is 6.58 Å². The standard InChI is InChI=1S/C22H27N3O4S/c1-6-13-23-22(27)19-9-7-8-10-20(19)24-21(26)17(4)25(30(5,28)29)18-12-11-15(2)16(3)14-18/h6-12,14,17H,1,13H2,2-5H3,(H,23,27)(H,24,26). The zero-order valence-corrected chi connectivity index (χ0v) is 18.4. The number of para-hydroxylation sites is 1. The molecule has 0 aromatic heterocycles. The van der Waals surface area contributed by atoms with Gasteiger partial charge in [0.25, 0.3) is 5.91 Å². The summed E-state index contributed by atoms with van der Waals surface area (Å²) >= 11 is 0. The highest BCUT2D eigenvalue weighted by Gasteiger charge is 2.30. The summed E-state index contributed by atoms with van der Waals surface area (Å²) < 4.78 is 26.1. The summed E-state index contributed by atoms with van der Waals surface area (Å²) in [6.07, 6.45) is 2.61. The Labute approximate surface area is 177 Å². The molecule has 2 amide bonds. The Morgan fingerprint density at radius 1 is 1.13 bits per heavy atom. The summed E-state index contributed by atoms with van der Waals surface area (Å²) in [4.78, 5) is 25.3. The quantitative estimate of drug-likeness (QED) is 0.631. The lowest BCUT2D eigenvalue weighted by Gasteiger charge is -2.29. The van der Waals surface area contributed by atoms with E-state index >= 15 is 0 Å². The van der Waals surface area contributed by atoms with E-state index in [1.807, 2.05) is 19.9 Å². The van der Waals surface area contributed by atoms with Crippen LogP contribution < -0.4 is 14.9 Å². The summed E-state index contributed by atoms with van der Waals surface area (Å²) in [6.45, 7) is 9.15. The molecular formula is C22H27N3O4S. The van der Waals surface area contributed by atoms with Crippen LogP contribution in [0, 0.1) is 13.8 Å². The molecule has 30 heavy (non-hydrogen) atoms. The molecule has 1 unspecified atom stereocenters. The van der Waals surface area contributed by atoms with Gasteiger partial charge in [-0.05, 0) is 56.2 Å². The molecule has 8 heteroatoms. The van der Waals surface area contributed by atoms with Gasteiger partial charge < -0.3 is 10.6 Å². The van der Waals surface area contributed by atoms with Crippen molar-refractivity contribution < 1.29 is 18.0 Å². The number of sulfonamides is 1. The van der Waals surface area contributed by atoms with Crippen molar-refractivity contribution in [1.82, 2.24) is 5.32 Å². The summed E-state index contributed by atoms with van der Waals surface area (Å²) in [5.74, 6) is -0.921. The molecule has 0 saturated heterocycles. The lowest BCUT2D eigenvalue weighted by atomic mass is 10.1. The maximum atomic E-state index is 12.9. The predicted octanol–water partition coefficient (Wildman–Crippen LogP) is 3.01. The zero-order chi connectivity index (χ0) is 22.5. The molecular weight excluding hydrogens is 402 g/mol. The van der Waals surface area contributed by atoms with E-state index in [1.54, 1.807) is 42.5 Å². The van der Waals surface area contributed by atoms with Gasteiger partial charge in [-0.3, -0.25) is 13.9 Å². The SMILES string of the molecule is C=CCNC(=O)c1ccccc1NC(=O)C(C)N(c1ccc(C)c(C)c1)S(C)(=O)=O. The molecule has 0 heterocycles. The second-order valence-corrected chi connectivity index (χ2v) is 8.90. The Kier molecular flexibility index (Phi) is 7.39. The molecule has 160 valence electrons. The first-order valence-corrected chi connectivity index (χ1v) is 11.3. The van der Waals surface area contributed by atoms with Crippen molar-refractivity contribution in [3.8, 4) is 0 Å². The monoisotopic (exact) mass is 429 g/mol. The van der Waals surface area contributed by atoms with Crippen LogP contribution in [0.3, 0.4) is 0 Å². The van der Waals surface area contributed by atoms with E-state index in [9.17, 15) is 18.0 Å². The van der Waals surface area contributed by atoms with Crippen LogP contribution in [0.5, 0.6) is 0 Å². The third-order valence-corrected chi connectivity index (χ3v) is 5.91. The molecule has 2 rings (SSSR count). The Bertz CT molecular complexity index is 1060. The zero-order valence-electron chi connectivity index (χ0n) is 17.6. The van der Waals surface area contributed by atoms with E-state index in [1.165, 1.54) is 6.92 Å². The van der Waals surface area contributed by atoms with Gasteiger partial charge in [-0.1, -0.05) is 24.3 Å². The number of hydrogen-bond donors (Lipinski definition) is 2. The summed E-state index contributed by atoms with van der Waals surface area (Å²) in [6, 6.07) is 10.7. The van der Waals surface area contributed by atoms with Crippen molar-refractivity contribution >= 4 is 33.2 Å². The molecule has 0 saturated carbocycles. The average molecular weight is 430 g/mol. The van der Waals surface area contributed by atoms with E-state index < -0.39 is 22.0 Å². The van der Waals surface area contributed by atoms with E-state index in [0.717, 1.165) is 21.7 Å². The Balaban J connectivity index is 2.34. The van der Waals surface area contributed by atoms with E-state index in [-0.39, 0.29) is 18.0 Å². The third kappa shape index (κ3) is 5.48. The van der Waals surface area contributed by atoms with Crippen molar-refractivity contribution in [3.05, 3.63) is 71.8 Å². The first-order valence-electron chi connectivity index (χ1n) is 9.42. The average Bonchev–Trinajstić information content (AvgIpc) is 2.68. The number of anilines is 2. The number of carbonyl (C=O) groups is 2. The van der Waals surface area contributed by atoms with Crippen LogP contribution in [0.1, 0.15) is 28.4 Å². The molecule has 7 nitrogen and oxygen atoms in total. The topological polar surface area (TPSA) is 95.6 Å². The number of benzene rings is 2. The normalized spacial score (nSPS) is 12.0. The Morgan fingerprint density at radius 3 is 2.40 bits per heavy atom. The number of carbonyl (C=O) groups excluding carboxylic acids is 2. The fourth-order valence-electron chi connectivity index (χ4n) is 2.96. The van der Waals surface area contributed by atoms with Crippen molar-refractivity contribution in [3.63, 3.8) is 0 Å². The fraction of sp³-hybridized carbons (Fsp3) is 0.273. The molecule has 0 aliphatic rings. The highest BCUT2D eigenvalue weighted by Crippen LogP contribution is 2.25. The van der Waals surface area contributed by atoms with Crippen molar-refractivity contribution in [2.45, 2.75) is 26.8 Å². The van der Waals surface area contributed by atoms with Crippen LogP contribution in [-0.4, -0.2) is 39.1 Å². The molecule has 0 aliphatic carbocycles. The molecule has 2 N–H and O–H groups in total. The highest BCUT2D eigenvalue weighted by molar-refractivity contribution is 7.92. The Hall–Kier alpha value is -3.13. The number of hydrogen-bond acceptors (Lipinski definition) is 4. The molecule has 0 radical (unpaired) electrons. The van der Waals surface area contributed by atoms with Crippen molar-refractivity contribution in [2.75, 3.05) is 22.4 Å².